The van der Waals surface area contributed by atoms with Crippen LogP contribution in [0.4, 0.5) is 5.69 Å². The van der Waals surface area contributed by atoms with E-state index in [4.69, 9.17) is 0 Å². The number of carbonyl (C=O) groups excluding carboxylic acids is 1. The molecule has 30 heavy (non-hydrogen) atoms. The Balaban J connectivity index is 1.26. The highest BCUT2D eigenvalue weighted by molar-refractivity contribution is 5.90. The molecule has 0 bridgehead atoms. The quantitative estimate of drug-likeness (QED) is 0.640. The number of hydrogen-bond acceptors (Lipinski definition) is 2. The first-order valence-electron chi connectivity index (χ1n) is 12.4. The van der Waals surface area contributed by atoms with Crippen LogP contribution in [0.5, 0.6) is 0 Å². The lowest BCUT2D eigenvalue weighted by Crippen LogP contribution is -2.50. The van der Waals surface area contributed by atoms with E-state index in [2.05, 4.69) is 19.2 Å². The zero-order chi connectivity index (χ0) is 20.9. The molecule has 4 aliphatic rings. The SMILES string of the molecule is C[C@@]1(O)CC[C@H]2[C@H](CC[C@@H]3[C@@H]2CC[C@]2(C)[C@@H](CC(=O)Nc4ccccc4)CC[C@@H]32)C1. The number of hydrogen-bond donors (Lipinski definition) is 2. The average molecular weight is 410 g/mol. The number of amides is 1. The van der Waals surface area contributed by atoms with Crippen molar-refractivity contribution in [2.45, 2.75) is 83.7 Å². The summed E-state index contributed by atoms with van der Waals surface area (Å²) in [7, 11) is 0. The molecule has 0 saturated heterocycles. The zero-order valence-corrected chi connectivity index (χ0v) is 18.8. The summed E-state index contributed by atoms with van der Waals surface area (Å²) in [6.07, 6.45) is 11.7. The summed E-state index contributed by atoms with van der Waals surface area (Å²) in [5, 5.41) is 13.7. The van der Waals surface area contributed by atoms with Crippen LogP contribution in [0.25, 0.3) is 0 Å². The van der Waals surface area contributed by atoms with E-state index in [1.165, 1.54) is 44.9 Å². The number of para-hydroxylation sites is 1. The van der Waals surface area contributed by atoms with Crippen molar-refractivity contribution in [2.75, 3.05) is 5.32 Å². The molecule has 0 heterocycles. The first kappa shape index (κ1) is 20.5. The number of nitrogens with one attached hydrogen (secondary N) is 1. The van der Waals surface area contributed by atoms with Crippen LogP contribution >= 0.6 is 0 Å². The molecule has 4 aliphatic carbocycles. The van der Waals surface area contributed by atoms with Gasteiger partial charge in [-0.1, -0.05) is 25.1 Å². The van der Waals surface area contributed by atoms with E-state index in [9.17, 15) is 9.90 Å². The van der Waals surface area contributed by atoms with Crippen molar-refractivity contribution in [3.8, 4) is 0 Å². The fourth-order valence-corrected chi connectivity index (χ4v) is 8.48. The molecule has 0 aromatic heterocycles. The van der Waals surface area contributed by atoms with Gasteiger partial charge in [-0.3, -0.25) is 4.79 Å². The topological polar surface area (TPSA) is 49.3 Å². The monoisotopic (exact) mass is 409 g/mol. The molecule has 0 radical (unpaired) electrons. The minimum atomic E-state index is -0.429. The van der Waals surface area contributed by atoms with E-state index < -0.39 is 5.60 Å². The van der Waals surface area contributed by atoms with Crippen molar-refractivity contribution in [2.24, 2.45) is 40.9 Å². The summed E-state index contributed by atoms with van der Waals surface area (Å²) < 4.78 is 0. The minimum absolute atomic E-state index is 0.188. The molecule has 164 valence electrons. The Morgan fingerprint density at radius 3 is 2.53 bits per heavy atom. The third-order valence-electron chi connectivity index (χ3n) is 9.92. The second-order valence-electron chi connectivity index (χ2n) is 11.6. The van der Waals surface area contributed by atoms with Crippen molar-refractivity contribution in [1.29, 1.82) is 0 Å². The van der Waals surface area contributed by atoms with E-state index in [1.54, 1.807) is 0 Å². The van der Waals surface area contributed by atoms with Crippen LogP contribution in [0.2, 0.25) is 0 Å². The highest BCUT2D eigenvalue weighted by atomic mass is 16.3. The highest BCUT2D eigenvalue weighted by Gasteiger charge is 2.57. The Bertz CT molecular complexity index is 774. The van der Waals surface area contributed by atoms with Crippen molar-refractivity contribution >= 4 is 11.6 Å². The largest absolute Gasteiger partial charge is 0.390 e. The second kappa shape index (κ2) is 7.65. The third kappa shape index (κ3) is 3.61. The molecule has 3 nitrogen and oxygen atoms in total. The van der Waals surface area contributed by atoms with E-state index in [0.29, 0.717) is 17.8 Å². The molecule has 1 amide bonds. The second-order valence-corrected chi connectivity index (χ2v) is 11.6. The van der Waals surface area contributed by atoms with Crippen LogP contribution in [0.3, 0.4) is 0 Å². The molecule has 2 N–H and O–H groups in total. The summed E-state index contributed by atoms with van der Waals surface area (Å²) in [6, 6.07) is 9.89. The maximum Gasteiger partial charge on any atom is 0.224 e. The van der Waals surface area contributed by atoms with Crippen LogP contribution < -0.4 is 5.32 Å². The van der Waals surface area contributed by atoms with Crippen molar-refractivity contribution in [1.82, 2.24) is 0 Å². The van der Waals surface area contributed by atoms with Gasteiger partial charge in [-0.25, -0.2) is 0 Å². The van der Waals surface area contributed by atoms with Gasteiger partial charge in [0.15, 0.2) is 0 Å². The van der Waals surface area contributed by atoms with Gasteiger partial charge in [0.2, 0.25) is 5.91 Å². The van der Waals surface area contributed by atoms with Gasteiger partial charge < -0.3 is 10.4 Å². The number of rotatable bonds is 3. The van der Waals surface area contributed by atoms with E-state index in [1.807, 2.05) is 30.3 Å². The Morgan fingerprint density at radius 2 is 1.73 bits per heavy atom. The van der Waals surface area contributed by atoms with Gasteiger partial charge >= 0.3 is 0 Å². The molecular weight excluding hydrogens is 370 g/mol. The first-order chi connectivity index (χ1) is 14.4. The maximum absolute atomic E-state index is 12.8. The number of aliphatic hydroxyl groups is 1. The molecule has 4 saturated carbocycles. The fraction of sp³-hybridized carbons (Fsp3) is 0.741. The Morgan fingerprint density at radius 1 is 0.967 bits per heavy atom. The average Bonchev–Trinajstić information content (AvgIpc) is 3.04. The zero-order valence-electron chi connectivity index (χ0n) is 18.8. The van der Waals surface area contributed by atoms with Crippen LogP contribution in [0, 0.1) is 40.9 Å². The standard InChI is InChI=1S/C27H39NO2/c1-26(30)14-12-21-18(17-26)8-10-23-22(21)13-15-27(2)19(9-11-24(23)27)16-25(29)28-20-6-4-3-5-7-20/h3-7,18-19,21-24,30H,8-17H2,1-2H3,(H,28,29)/t18-,19-,21+,22-,23-,24+,26-,27-/m1/s1. The fourth-order valence-electron chi connectivity index (χ4n) is 8.48. The molecule has 4 fully saturated rings. The smallest absolute Gasteiger partial charge is 0.224 e. The molecule has 0 aliphatic heterocycles. The van der Waals surface area contributed by atoms with Crippen molar-refractivity contribution in [3.63, 3.8) is 0 Å². The molecular formula is C27H39NO2. The van der Waals surface area contributed by atoms with Gasteiger partial charge in [0, 0.05) is 12.1 Å². The lowest BCUT2D eigenvalue weighted by atomic mass is 9.49. The highest BCUT2D eigenvalue weighted by Crippen LogP contribution is 2.65. The predicted molar refractivity (Wildman–Crippen MR) is 121 cm³/mol. The van der Waals surface area contributed by atoms with E-state index in [0.717, 1.165) is 48.1 Å². The van der Waals surface area contributed by atoms with E-state index >= 15 is 0 Å². The lowest BCUT2D eigenvalue weighted by Gasteiger charge is -2.57. The summed E-state index contributed by atoms with van der Waals surface area (Å²) in [5.74, 6) is 4.83. The Hall–Kier alpha value is -1.35. The summed E-state index contributed by atoms with van der Waals surface area (Å²) >= 11 is 0. The number of anilines is 1. The lowest BCUT2D eigenvalue weighted by molar-refractivity contribution is -0.120. The van der Waals surface area contributed by atoms with Crippen LogP contribution in [0.1, 0.15) is 78.1 Å². The number of fused-ring (bicyclic) bond motifs is 5. The maximum atomic E-state index is 12.8. The Labute approximate surface area is 182 Å². The van der Waals surface area contributed by atoms with Crippen molar-refractivity contribution in [3.05, 3.63) is 30.3 Å². The molecule has 0 unspecified atom stereocenters. The van der Waals surface area contributed by atoms with Gasteiger partial charge in [-0.15, -0.1) is 0 Å². The minimum Gasteiger partial charge on any atom is -0.390 e. The third-order valence-corrected chi connectivity index (χ3v) is 9.92. The van der Waals surface area contributed by atoms with Gasteiger partial charge in [0.25, 0.3) is 0 Å². The molecule has 0 spiro atoms. The molecule has 1 aromatic carbocycles. The van der Waals surface area contributed by atoms with Crippen LogP contribution in [0.15, 0.2) is 30.3 Å². The number of carbonyl (C=O) groups is 1. The van der Waals surface area contributed by atoms with Gasteiger partial charge in [0.05, 0.1) is 5.60 Å². The van der Waals surface area contributed by atoms with Crippen LogP contribution in [-0.4, -0.2) is 16.6 Å². The van der Waals surface area contributed by atoms with Gasteiger partial charge in [-0.2, -0.15) is 0 Å². The normalized spacial score (nSPS) is 45.2. The van der Waals surface area contributed by atoms with Crippen LogP contribution in [-0.2, 0) is 4.79 Å². The molecule has 5 rings (SSSR count). The molecule has 1 aromatic rings. The Kier molecular flexibility index (Phi) is 5.24. The van der Waals surface area contributed by atoms with Crippen molar-refractivity contribution < 1.29 is 9.90 Å². The predicted octanol–water partition coefficient (Wildman–Crippen LogP) is 6.04. The summed E-state index contributed by atoms with van der Waals surface area (Å²) in [6.45, 7) is 4.56. The number of benzene rings is 1. The molecule has 8 atom stereocenters. The summed E-state index contributed by atoms with van der Waals surface area (Å²) in [5.41, 5.74) is 0.821. The summed E-state index contributed by atoms with van der Waals surface area (Å²) in [4.78, 5) is 12.8. The van der Waals surface area contributed by atoms with E-state index in [-0.39, 0.29) is 5.91 Å². The first-order valence-corrected chi connectivity index (χ1v) is 12.4. The van der Waals surface area contributed by atoms with Gasteiger partial charge in [0.1, 0.15) is 0 Å². The molecule has 3 heteroatoms. The van der Waals surface area contributed by atoms with Gasteiger partial charge in [-0.05, 0) is 118 Å².